The van der Waals surface area contributed by atoms with Crippen molar-refractivity contribution in [3.8, 4) is 10.4 Å². The van der Waals surface area contributed by atoms with Crippen LogP contribution in [0.3, 0.4) is 0 Å². The zero-order valence-electron chi connectivity index (χ0n) is 12.0. The third kappa shape index (κ3) is 2.28. The summed E-state index contributed by atoms with van der Waals surface area (Å²) in [6.07, 6.45) is 1.20. The molecule has 2 fully saturated rings. The number of carbonyl (C=O) groups is 1. The normalized spacial score (nSPS) is 28.1. The Labute approximate surface area is 128 Å². The van der Waals surface area contributed by atoms with Gasteiger partial charge in [-0.25, -0.2) is 0 Å². The van der Waals surface area contributed by atoms with Gasteiger partial charge in [-0.1, -0.05) is 37.3 Å². The molecule has 1 saturated heterocycles. The van der Waals surface area contributed by atoms with Crippen LogP contribution in [0.25, 0.3) is 10.4 Å². The second-order valence-corrected chi connectivity index (χ2v) is 7.05. The summed E-state index contributed by atoms with van der Waals surface area (Å²) in [5.41, 5.74) is 1.24. The smallest absolute Gasteiger partial charge is 0.238 e. The van der Waals surface area contributed by atoms with Crippen LogP contribution in [0.4, 0.5) is 0 Å². The number of nitrogens with one attached hydrogen (secondary N) is 1. The van der Waals surface area contributed by atoms with E-state index in [9.17, 15) is 4.79 Å². The largest absolute Gasteiger partial charge is 0.318 e. The molecule has 4 heteroatoms. The summed E-state index contributed by atoms with van der Waals surface area (Å²) in [5, 5.41) is 3.37. The molecule has 2 aromatic rings. The van der Waals surface area contributed by atoms with Crippen molar-refractivity contribution in [2.24, 2.45) is 5.92 Å². The molecule has 108 valence electrons. The third-order valence-electron chi connectivity index (χ3n) is 4.39. The number of amides is 1. The van der Waals surface area contributed by atoms with Crippen LogP contribution in [0.2, 0.25) is 0 Å². The van der Waals surface area contributed by atoms with Crippen LogP contribution < -0.4 is 5.32 Å². The highest BCUT2D eigenvalue weighted by Crippen LogP contribution is 2.42. The first-order chi connectivity index (χ1) is 10.2. The minimum atomic E-state index is 0.0647. The summed E-state index contributed by atoms with van der Waals surface area (Å²) in [7, 11) is 0. The SMILES string of the molecule is CC1CC1N1C(=O)CNC1c1ccc(-c2ccccc2)s1. The lowest BCUT2D eigenvalue weighted by Gasteiger charge is -2.23. The first kappa shape index (κ1) is 13.0. The maximum atomic E-state index is 12.1. The highest BCUT2D eigenvalue weighted by molar-refractivity contribution is 7.15. The van der Waals surface area contributed by atoms with Gasteiger partial charge in [0.25, 0.3) is 0 Å². The van der Waals surface area contributed by atoms with Crippen LogP contribution in [0, 0.1) is 5.92 Å². The number of hydrogen-bond donors (Lipinski definition) is 1. The fourth-order valence-electron chi connectivity index (χ4n) is 3.08. The molecule has 1 aliphatic heterocycles. The lowest BCUT2D eigenvalue weighted by Crippen LogP contribution is -2.32. The second kappa shape index (κ2) is 4.97. The molecule has 3 atom stereocenters. The molecular formula is C17H18N2OS. The van der Waals surface area contributed by atoms with E-state index in [1.165, 1.54) is 15.3 Å². The fourth-order valence-corrected chi connectivity index (χ4v) is 4.17. The zero-order valence-corrected chi connectivity index (χ0v) is 12.8. The van der Waals surface area contributed by atoms with Gasteiger partial charge in [0, 0.05) is 15.8 Å². The van der Waals surface area contributed by atoms with Crippen molar-refractivity contribution < 1.29 is 4.79 Å². The van der Waals surface area contributed by atoms with Gasteiger partial charge in [-0.05, 0) is 30.0 Å². The van der Waals surface area contributed by atoms with Crippen LogP contribution in [-0.4, -0.2) is 23.4 Å². The molecule has 1 aromatic carbocycles. The molecule has 1 aliphatic carbocycles. The van der Waals surface area contributed by atoms with E-state index in [1.54, 1.807) is 11.3 Å². The van der Waals surface area contributed by atoms with Crippen molar-refractivity contribution >= 4 is 17.2 Å². The Kier molecular flexibility index (Phi) is 3.08. The number of rotatable bonds is 3. The molecule has 0 spiro atoms. The molecule has 1 aromatic heterocycles. The molecular weight excluding hydrogens is 280 g/mol. The molecule has 1 amide bonds. The van der Waals surface area contributed by atoms with Gasteiger partial charge in [0.15, 0.2) is 0 Å². The van der Waals surface area contributed by atoms with Gasteiger partial charge in [0.1, 0.15) is 6.17 Å². The Hall–Kier alpha value is -1.65. The van der Waals surface area contributed by atoms with E-state index in [2.05, 4.69) is 53.5 Å². The van der Waals surface area contributed by atoms with Gasteiger partial charge in [-0.3, -0.25) is 10.1 Å². The van der Waals surface area contributed by atoms with Crippen molar-refractivity contribution in [2.45, 2.75) is 25.6 Å². The lowest BCUT2D eigenvalue weighted by molar-refractivity contribution is -0.128. The van der Waals surface area contributed by atoms with Gasteiger partial charge in [0.2, 0.25) is 5.91 Å². The van der Waals surface area contributed by atoms with Crippen molar-refractivity contribution in [1.29, 1.82) is 0 Å². The molecule has 4 rings (SSSR count). The highest BCUT2D eigenvalue weighted by atomic mass is 32.1. The van der Waals surface area contributed by atoms with Gasteiger partial charge in [0.05, 0.1) is 6.54 Å². The van der Waals surface area contributed by atoms with Crippen LogP contribution in [0.1, 0.15) is 24.4 Å². The van der Waals surface area contributed by atoms with E-state index >= 15 is 0 Å². The first-order valence-corrected chi connectivity index (χ1v) is 8.25. The average Bonchev–Trinajstić information content (AvgIpc) is 2.93. The third-order valence-corrected chi connectivity index (χ3v) is 5.58. The van der Waals surface area contributed by atoms with Gasteiger partial charge < -0.3 is 4.90 Å². The van der Waals surface area contributed by atoms with E-state index < -0.39 is 0 Å². The predicted octanol–water partition coefficient (Wildman–Crippen LogP) is 3.25. The summed E-state index contributed by atoms with van der Waals surface area (Å²) < 4.78 is 0. The Morgan fingerprint density at radius 2 is 1.95 bits per heavy atom. The van der Waals surface area contributed by atoms with Gasteiger partial charge in [-0.2, -0.15) is 0 Å². The summed E-state index contributed by atoms with van der Waals surface area (Å²) in [6, 6.07) is 15.2. The topological polar surface area (TPSA) is 32.3 Å². The van der Waals surface area contributed by atoms with E-state index in [0.717, 1.165) is 6.42 Å². The van der Waals surface area contributed by atoms with E-state index in [4.69, 9.17) is 0 Å². The summed E-state index contributed by atoms with van der Waals surface area (Å²) >= 11 is 1.78. The highest BCUT2D eigenvalue weighted by Gasteiger charge is 2.47. The number of carbonyl (C=O) groups excluding carboxylic acids is 1. The van der Waals surface area contributed by atoms with Crippen LogP contribution >= 0.6 is 11.3 Å². The van der Waals surface area contributed by atoms with Crippen molar-refractivity contribution in [3.63, 3.8) is 0 Å². The van der Waals surface area contributed by atoms with Gasteiger partial charge >= 0.3 is 0 Å². The molecule has 0 bridgehead atoms. The Balaban J connectivity index is 1.62. The van der Waals surface area contributed by atoms with E-state index in [0.29, 0.717) is 18.5 Å². The molecule has 1 saturated carbocycles. The minimum Gasteiger partial charge on any atom is -0.318 e. The lowest BCUT2D eigenvalue weighted by atomic mass is 10.2. The number of nitrogens with zero attached hydrogens (tertiary/aromatic N) is 1. The fraction of sp³-hybridized carbons (Fsp3) is 0.353. The number of hydrogen-bond acceptors (Lipinski definition) is 3. The summed E-state index contributed by atoms with van der Waals surface area (Å²) in [4.78, 5) is 16.7. The molecule has 2 aliphatic rings. The van der Waals surface area contributed by atoms with Crippen molar-refractivity contribution in [1.82, 2.24) is 10.2 Å². The maximum absolute atomic E-state index is 12.1. The van der Waals surface area contributed by atoms with E-state index in [1.807, 2.05) is 6.07 Å². The Bertz CT molecular complexity index is 666. The van der Waals surface area contributed by atoms with Crippen LogP contribution in [0.15, 0.2) is 42.5 Å². The maximum Gasteiger partial charge on any atom is 0.238 e. The molecule has 3 unspecified atom stereocenters. The standard InChI is InChI=1S/C17H18N2OS/c1-11-9-13(11)19-16(20)10-18-17(19)15-8-7-14(21-15)12-5-3-2-4-6-12/h2-8,11,13,17-18H,9-10H2,1H3. The number of thiophene rings is 1. The van der Waals surface area contributed by atoms with Crippen molar-refractivity contribution in [2.75, 3.05) is 6.54 Å². The quantitative estimate of drug-likeness (QED) is 0.943. The van der Waals surface area contributed by atoms with Gasteiger partial charge in [-0.15, -0.1) is 11.3 Å². The zero-order chi connectivity index (χ0) is 14.4. The monoisotopic (exact) mass is 298 g/mol. The van der Waals surface area contributed by atoms with E-state index in [-0.39, 0.29) is 12.1 Å². The average molecular weight is 298 g/mol. The molecule has 21 heavy (non-hydrogen) atoms. The second-order valence-electron chi connectivity index (χ2n) is 5.93. The predicted molar refractivity (Wildman–Crippen MR) is 84.9 cm³/mol. The summed E-state index contributed by atoms with van der Waals surface area (Å²) in [5.74, 6) is 0.883. The summed E-state index contributed by atoms with van der Waals surface area (Å²) in [6.45, 7) is 2.68. The van der Waals surface area contributed by atoms with Crippen LogP contribution in [0.5, 0.6) is 0 Å². The molecule has 1 N–H and O–H groups in total. The molecule has 0 radical (unpaired) electrons. The first-order valence-electron chi connectivity index (χ1n) is 7.44. The van der Waals surface area contributed by atoms with Crippen molar-refractivity contribution in [3.05, 3.63) is 47.3 Å². The Morgan fingerprint density at radius 3 is 2.67 bits per heavy atom. The minimum absolute atomic E-state index is 0.0647. The molecule has 3 nitrogen and oxygen atoms in total. The Morgan fingerprint density at radius 1 is 1.19 bits per heavy atom. The number of benzene rings is 1. The molecule has 2 heterocycles. The van der Waals surface area contributed by atoms with Crippen LogP contribution in [-0.2, 0) is 4.79 Å².